The van der Waals surface area contributed by atoms with E-state index in [-0.39, 0.29) is 11.8 Å². The van der Waals surface area contributed by atoms with Gasteiger partial charge in [-0.05, 0) is 35.9 Å². The molecule has 2 aromatic carbocycles. The van der Waals surface area contributed by atoms with Gasteiger partial charge in [-0.15, -0.1) is 0 Å². The van der Waals surface area contributed by atoms with Crippen molar-refractivity contribution in [2.24, 2.45) is 0 Å². The van der Waals surface area contributed by atoms with Gasteiger partial charge in [-0.1, -0.05) is 48.9 Å². The Morgan fingerprint density at radius 2 is 1.76 bits per heavy atom. The van der Waals surface area contributed by atoms with Crippen molar-refractivity contribution >= 4 is 11.6 Å². The van der Waals surface area contributed by atoms with Crippen LogP contribution in [-0.4, -0.2) is 13.2 Å². The largest absolute Gasteiger partial charge is 0.435 e. The quantitative estimate of drug-likeness (QED) is 0.839. The zero-order chi connectivity index (χ0) is 15.2. The first-order chi connectivity index (χ1) is 10.1. The van der Waals surface area contributed by atoms with Crippen molar-refractivity contribution in [3.8, 4) is 5.75 Å². The summed E-state index contributed by atoms with van der Waals surface area (Å²) in [5.41, 5.74) is 1.88. The molecule has 0 aliphatic rings. The Morgan fingerprint density at radius 3 is 2.33 bits per heavy atom. The van der Waals surface area contributed by atoms with Crippen LogP contribution in [-0.2, 0) is 0 Å². The summed E-state index contributed by atoms with van der Waals surface area (Å²) < 4.78 is 28.7. The number of hydrogen-bond acceptors (Lipinski definition) is 2. The van der Waals surface area contributed by atoms with E-state index in [4.69, 9.17) is 11.6 Å². The summed E-state index contributed by atoms with van der Waals surface area (Å²) in [7, 11) is 0. The molecule has 0 saturated carbocycles. The fourth-order valence-corrected chi connectivity index (χ4v) is 2.41. The smallest absolute Gasteiger partial charge is 0.387 e. The van der Waals surface area contributed by atoms with Gasteiger partial charge in [0.2, 0.25) is 0 Å². The molecule has 0 amide bonds. The van der Waals surface area contributed by atoms with Crippen LogP contribution >= 0.6 is 11.6 Å². The number of nitrogens with one attached hydrogen (secondary N) is 1. The lowest BCUT2D eigenvalue weighted by Crippen LogP contribution is -2.22. The molecule has 0 aromatic heterocycles. The minimum Gasteiger partial charge on any atom is -0.435 e. The van der Waals surface area contributed by atoms with Gasteiger partial charge in [-0.3, -0.25) is 0 Å². The van der Waals surface area contributed by atoms with Crippen molar-refractivity contribution in [1.29, 1.82) is 0 Å². The molecule has 1 atom stereocenters. The third-order valence-corrected chi connectivity index (χ3v) is 3.41. The lowest BCUT2D eigenvalue weighted by Gasteiger charge is -2.20. The number of ether oxygens (including phenoxy) is 1. The van der Waals surface area contributed by atoms with Gasteiger partial charge in [0.05, 0.1) is 6.04 Å². The summed E-state index contributed by atoms with van der Waals surface area (Å²) in [5, 5.41) is 4.01. The van der Waals surface area contributed by atoms with E-state index in [1.54, 1.807) is 12.1 Å². The Morgan fingerprint density at radius 1 is 1.10 bits per heavy atom. The fraction of sp³-hybridized carbons (Fsp3) is 0.250. The van der Waals surface area contributed by atoms with Crippen molar-refractivity contribution < 1.29 is 13.5 Å². The second-order valence-corrected chi connectivity index (χ2v) is 4.87. The zero-order valence-electron chi connectivity index (χ0n) is 11.5. The van der Waals surface area contributed by atoms with Crippen molar-refractivity contribution in [3.05, 3.63) is 64.7 Å². The van der Waals surface area contributed by atoms with E-state index in [1.165, 1.54) is 12.1 Å². The minimum atomic E-state index is -2.82. The molecule has 1 unspecified atom stereocenters. The van der Waals surface area contributed by atoms with Crippen molar-refractivity contribution in [3.63, 3.8) is 0 Å². The van der Waals surface area contributed by atoms with Gasteiger partial charge in [0.25, 0.3) is 0 Å². The Bertz CT molecular complexity index is 575. The van der Waals surface area contributed by atoms with Gasteiger partial charge >= 0.3 is 6.61 Å². The highest BCUT2D eigenvalue weighted by Gasteiger charge is 2.16. The second kappa shape index (κ2) is 7.38. The summed E-state index contributed by atoms with van der Waals surface area (Å²) in [6, 6.07) is 14.0. The first-order valence-corrected chi connectivity index (χ1v) is 7.02. The standard InChI is InChI=1S/C16H16ClF2NO/c1-2-20-15(13-5-3-4-6-14(13)17)11-7-9-12(10-8-11)21-16(18)19/h3-10,15-16,20H,2H2,1H3. The highest BCUT2D eigenvalue weighted by Crippen LogP contribution is 2.29. The number of hydrogen-bond donors (Lipinski definition) is 1. The number of alkyl halides is 2. The summed E-state index contributed by atoms with van der Waals surface area (Å²) in [6.45, 7) is -0.0625. The minimum absolute atomic E-state index is 0.0932. The molecule has 0 bridgehead atoms. The molecule has 0 aliphatic carbocycles. The van der Waals surface area contributed by atoms with Gasteiger partial charge in [0.1, 0.15) is 5.75 Å². The topological polar surface area (TPSA) is 21.3 Å². The highest BCUT2D eigenvalue weighted by atomic mass is 35.5. The lowest BCUT2D eigenvalue weighted by molar-refractivity contribution is -0.0498. The third-order valence-electron chi connectivity index (χ3n) is 3.06. The molecule has 0 radical (unpaired) electrons. The van der Waals surface area contributed by atoms with Gasteiger partial charge in [-0.25, -0.2) is 0 Å². The third kappa shape index (κ3) is 4.16. The number of rotatable bonds is 6. The Kier molecular flexibility index (Phi) is 5.53. The van der Waals surface area contributed by atoms with Gasteiger partial charge in [0, 0.05) is 5.02 Å². The average molecular weight is 312 g/mol. The maximum Gasteiger partial charge on any atom is 0.387 e. The van der Waals surface area contributed by atoms with E-state index in [2.05, 4.69) is 10.1 Å². The van der Waals surface area contributed by atoms with E-state index in [0.717, 1.165) is 17.7 Å². The summed E-state index contributed by atoms with van der Waals surface area (Å²) in [5.74, 6) is 0.142. The molecule has 2 aromatic rings. The average Bonchev–Trinajstić information content (AvgIpc) is 2.46. The van der Waals surface area contributed by atoms with E-state index in [9.17, 15) is 8.78 Å². The SMILES string of the molecule is CCNC(c1ccc(OC(F)F)cc1)c1ccccc1Cl. The first-order valence-electron chi connectivity index (χ1n) is 6.64. The number of halogens is 3. The first kappa shape index (κ1) is 15.7. The zero-order valence-corrected chi connectivity index (χ0v) is 12.3. The van der Waals surface area contributed by atoms with Crippen LogP contribution < -0.4 is 10.1 Å². The van der Waals surface area contributed by atoms with Gasteiger partial charge < -0.3 is 10.1 Å². The molecule has 0 fully saturated rings. The monoisotopic (exact) mass is 311 g/mol. The van der Waals surface area contributed by atoms with Crippen molar-refractivity contribution in [2.75, 3.05) is 6.54 Å². The molecule has 112 valence electrons. The van der Waals surface area contributed by atoms with Crippen molar-refractivity contribution in [1.82, 2.24) is 5.32 Å². The van der Waals surface area contributed by atoms with Crippen LogP contribution in [0.15, 0.2) is 48.5 Å². The second-order valence-electron chi connectivity index (χ2n) is 4.46. The number of benzene rings is 2. The molecule has 0 spiro atoms. The Balaban J connectivity index is 2.28. The molecule has 0 aliphatic heterocycles. The molecular weight excluding hydrogens is 296 g/mol. The predicted molar refractivity (Wildman–Crippen MR) is 80.0 cm³/mol. The molecule has 0 heterocycles. The molecule has 2 rings (SSSR count). The van der Waals surface area contributed by atoms with Crippen molar-refractivity contribution in [2.45, 2.75) is 19.6 Å². The normalized spacial score (nSPS) is 12.4. The van der Waals surface area contributed by atoms with E-state index in [1.807, 2.05) is 31.2 Å². The Hall–Kier alpha value is -1.65. The maximum atomic E-state index is 12.2. The Labute approximate surface area is 127 Å². The maximum absolute atomic E-state index is 12.2. The highest BCUT2D eigenvalue weighted by molar-refractivity contribution is 6.31. The molecule has 5 heteroatoms. The molecule has 21 heavy (non-hydrogen) atoms. The van der Waals surface area contributed by atoms with E-state index in [0.29, 0.717) is 5.02 Å². The van der Waals surface area contributed by atoms with Gasteiger partial charge in [0.15, 0.2) is 0 Å². The molecule has 1 N–H and O–H groups in total. The summed E-state index contributed by atoms with van der Waals surface area (Å²) >= 11 is 6.24. The van der Waals surface area contributed by atoms with Crippen LogP contribution in [0.2, 0.25) is 5.02 Å². The van der Waals surface area contributed by atoms with Crippen LogP contribution in [0.4, 0.5) is 8.78 Å². The van der Waals surface area contributed by atoms with Crippen LogP contribution in [0.25, 0.3) is 0 Å². The van der Waals surface area contributed by atoms with E-state index < -0.39 is 6.61 Å². The fourth-order valence-electron chi connectivity index (χ4n) is 2.16. The van der Waals surface area contributed by atoms with Gasteiger partial charge in [-0.2, -0.15) is 8.78 Å². The molecule has 2 nitrogen and oxygen atoms in total. The van der Waals surface area contributed by atoms with Crippen LogP contribution in [0.5, 0.6) is 5.75 Å². The molecule has 0 saturated heterocycles. The van der Waals surface area contributed by atoms with Crippen LogP contribution in [0.3, 0.4) is 0 Å². The molecular formula is C16H16ClF2NO. The predicted octanol–water partition coefficient (Wildman–Crippen LogP) is 4.64. The van der Waals surface area contributed by atoms with Crippen LogP contribution in [0, 0.1) is 0 Å². The summed E-state index contributed by atoms with van der Waals surface area (Å²) in [6.07, 6.45) is 0. The van der Waals surface area contributed by atoms with E-state index >= 15 is 0 Å². The van der Waals surface area contributed by atoms with Crippen LogP contribution in [0.1, 0.15) is 24.1 Å². The summed E-state index contributed by atoms with van der Waals surface area (Å²) in [4.78, 5) is 0. The lowest BCUT2D eigenvalue weighted by atomic mass is 9.98.